The minimum Gasteiger partial charge on any atom is -0.383 e. The predicted molar refractivity (Wildman–Crippen MR) is 91.3 cm³/mol. The molecule has 1 aliphatic heterocycles. The van der Waals surface area contributed by atoms with Crippen molar-refractivity contribution < 1.29 is 14.3 Å². The highest BCUT2D eigenvalue weighted by molar-refractivity contribution is 5.82. The number of morpholine rings is 1. The number of nitrogens with zero attached hydrogens (tertiary/aromatic N) is 4. The Morgan fingerprint density at radius 2 is 2.32 bits per heavy atom. The fourth-order valence-electron chi connectivity index (χ4n) is 3.04. The number of fused-ring (bicyclic) bond motifs is 1. The molecule has 1 amide bonds. The predicted octanol–water partition coefficient (Wildman–Crippen LogP) is 0.562. The lowest BCUT2D eigenvalue weighted by atomic mass is 10.1. The van der Waals surface area contributed by atoms with Gasteiger partial charge in [0.1, 0.15) is 11.8 Å². The van der Waals surface area contributed by atoms with Crippen LogP contribution in [-0.4, -0.2) is 61.1 Å². The Morgan fingerprint density at radius 3 is 3.08 bits per heavy atom. The molecule has 132 valence electrons. The van der Waals surface area contributed by atoms with Gasteiger partial charge in [-0.05, 0) is 25.1 Å². The first kappa shape index (κ1) is 17.2. The molecular formula is C17H21N5O3. The van der Waals surface area contributed by atoms with Gasteiger partial charge in [-0.2, -0.15) is 10.4 Å². The number of aromatic nitrogens is 2. The van der Waals surface area contributed by atoms with Crippen LogP contribution in [0.15, 0.2) is 24.4 Å². The Kier molecular flexibility index (Phi) is 5.16. The molecule has 0 bridgehead atoms. The molecular weight excluding hydrogens is 322 g/mol. The molecule has 3 heterocycles. The average Bonchev–Trinajstić information content (AvgIpc) is 3.10. The zero-order valence-corrected chi connectivity index (χ0v) is 14.3. The van der Waals surface area contributed by atoms with E-state index in [-0.39, 0.29) is 12.0 Å². The normalized spacial score (nSPS) is 20.4. The minimum absolute atomic E-state index is 0.0921. The number of hydrogen-bond acceptors (Lipinski definition) is 6. The highest BCUT2D eigenvalue weighted by atomic mass is 16.5. The largest absolute Gasteiger partial charge is 0.383 e. The molecule has 8 nitrogen and oxygen atoms in total. The Hall–Kier alpha value is -2.63. The van der Waals surface area contributed by atoms with Gasteiger partial charge >= 0.3 is 0 Å². The highest BCUT2D eigenvalue weighted by Gasteiger charge is 2.31. The molecule has 3 rings (SSSR count). The Bertz CT molecular complexity index is 797. The van der Waals surface area contributed by atoms with Crippen LogP contribution in [0.5, 0.6) is 0 Å². The summed E-state index contributed by atoms with van der Waals surface area (Å²) in [5, 5.41) is 16.2. The molecule has 0 radical (unpaired) electrons. The number of methoxy groups -OCH3 is 1. The van der Waals surface area contributed by atoms with E-state index >= 15 is 0 Å². The first-order chi connectivity index (χ1) is 12.1. The molecule has 0 aliphatic carbocycles. The molecule has 0 spiro atoms. The van der Waals surface area contributed by atoms with Crippen molar-refractivity contribution in [2.75, 3.05) is 38.3 Å². The van der Waals surface area contributed by atoms with E-state index in [2.05, 4.69) is 21.4 Å². The van der Waals surface area contributed by atoms with Crippen LogP contribution in [0.1, 0.15) is 12.6 Å². The van der Waals surface area contributed by atoms with Crippen LogP contribution in [-0.2, 0) is 14.3 Å². The van der Waals surface area contributed by atoms with Crippen LogP contribution in [0, 0.1) is 11.3 Å². The topological polar surface area (TPSA) is 91.9 Å². The fourth-order valence-corrected chi connectivity index (χ4v) is 3.04. The van der Waals surface area contributed by atoms with Gasteiger partial charge in [0.2, 0.25) is 0 Å². The van der Waals surface area contributed by atoms with E-state index in [4.69, 9.17) is 9.47 Å². The number of carbonyl (C=O) groups is 1. The number of pyridine rings is 1. The van der Waals surface area contributed by atoms with Gasteiger partial charge in [0.25, 0.3) is 5.91 Å². The van der Waals surface area contributed by atoms with Gasteiger partial charge in [0, 0.05) is 20.2 Å². The molecule has 2 aromatic rings. The molecule has 0 aromatic carbocycles. The second-order valence-electron chi connectivity index (χ2n) is 5.97. The maximum atomic E-state index is 12.3. The van der Waals surface area contributed by atoms with Crippen molar-refractivity contribution in [1.29, 1.82) is 5.26 Å². The SMILES string of the molecule is COCCNC(=O)C1CN(c2ccc(C#N)n3nccc23)CC(C)O1. The minimum atomic E-state index is -0.556. The Morgan fingerprint density at radius 1 is 1.48 bits per heavy atom. The lowest BCUT2D eigenvalue weighted by Gasteiger charge is -2.37. The third kappa shape index (κ3) is 3.57. The molecule has 1 fully saturated rings. The molecule has 25 heavy (non-hydrogen) atoms. The number of carbonyl (C=O) groups excluding carboxylic acids is 1. The number of amides is 1. The van der Waals surface area contributed by atoms with Gasteiger partial charge in [-0.3, -0.25) is 4.79 Å². The first-order valence-electron chi connectivity index (χ1n) is 8.18. The van der Waals surface area contributed by atoms with Crippen molar-refractivity contribution >= 4 is 17.1 Å². The zero-order valence-electron chi connectivity index (χ0n) is 14.3. The second-order valence-corrected chi connectivity index (χ2v) is 5.97. The van der Waals surface area contributed by atoms with Crippen LogP contribution in [0.2, 0.25) is 0 Å². The fraction of sp³-hybridized carbons (Fsp3) is 0.471. The Labute approximate surface area is 145 Å². The summed E-state index contributed by atoms with van der Waals surface area (Å²) in [7, 11) is 1.59. The number of nitriles is 1. The van der Waals surface area contributed by atoms with Crippen LogP contribution in [0.3, 0.4) is 0 Å². The van der Waals surface area contributed by atoms with Gasteiger partial charge < -0.3 is 19.7 Å². The summed E-state index contributed by atoms with van der Waals surface area (Å²) in [4.78, 5) is 14.4. The lowest BCUT2D eigenvalue weighted by Crippen LogP contribution is -2.53. The summed E-state index contributed by atoms with van der Waals surface area (Å²) >= 11 is 0. The summed E-state index contributed by atoms with van der Waals surface area (Å²) in [6.07, 6.45) is 1.02. The van der Waals surface area contributed by atoms with Gasteiger partial charge in [-0.1, -0.05) is 0 Å². The summed E-state index contributed by atoms with van der Waals surface area (Å²) in [5.41, 5.74) is 2.24. The summed E-state index contributed by atoms with van der Waals surface area (Å²) < 4.78 is 12.4. The van der Waals surface area contributed by atoms with E-state index in [9.17, 15) is 10.1 Å². The van der Waals surface area contributed by atoms with Crippen molar-refractivity contribution in [2.45, 2.75) is 19.1 Å². The van der Waals surface area contributed by atoms with Gasteiger partial charge in [-0.15, -0.1) is 0 Å². The third-order valence-electron chi connectivity index (χ3n) is 4.15. The van der Waals surface area contributed by atoms with Gasteiger partial charge in [0.15, 0.2) is 6.10 Å². The van der Waals surface area contributed by atoms with Crippen LogP contribution < -0.4 is 10.2 Å². The van der Waals surface area contributed by atoms with E-state index in [0.717, 1.165) is 11.2 Å². The third-order valence-corrected chi connectivity index (χ3v) is 4.15. The van der Waals surface area contributed by atoms with Gasteiger partial charge in [0.05, 0.1) is 36.7 Å². The maximum absolute atomic E-state index is 12.3. The number of ether oxygens (including phenoxy) is 2. The molecule has 1 saturated heterocycles. The smallest absolute Gasteiger partial charge is 0.251 e. The van der Waals surface area contributed by atoms with Gasteiger partial charge in [-0.25, -0.2) is 4.52 Å². The Balaban J connectivity index is 1.82. The molecule has 2 aromatic heterocycles. The van der Waals surface area contributed by atoms with Crippen molar-refractivity contribution in [3.63, 3.8) is 0 Å². The van der Waals surface area contributed by atoms with Crippen molar-refractivity contribution in [3.05, 3.63) is 30.1 Å². The molecule has 2 atom stereocenters. The number of anilines is 1. The number of rotatable bonds is 5. The number of hydrogen-bond donors (Lipinski definition) is 1. The summed E-state index contributed by atoms with van der Waals surface area (Å²) in [6.45, 7) is 3.96. The maximum Gasteiger partial charge on any atom is 0.251 e. The van der Waals surface area contributed by atoms with E-state index in [1.165, 1.54) is 0 Å². The number of nitrogens with one attached hydrogen (secondary N) is 1. The molecule has 0 saturated carbocycles. The average molecular weight is 343 g/mol. The van der Waals surface area contributed by atoms with Crippen LogP contribution >= 0.6 is 0 Å². The second kappa shape index (κ2) is 7.51. The standard InChI is InChI=1S/C17H21N5O3/c1-12-10-21(11-16(25-12)17(23)19-7-8-24-2)14-4-3-13(9-18)22-15(14)5-6-20-22/h3-6,12,16H,7-8,10-11H2,1-2H3,(H,19,23). The monoisotopic (exact) mass is 343 g/mol. The molecule has 8 heteroatoms. The van der Waals surface area contributed by atoms with Crippen molar-refractivity contribution in [2.24, 2.45) is 0 Å². The molecule has 2 unspecified atom stereocenters. The van der Waals surface area contributed by atoms with E-state index in [1.54, 1.807) is 23.9 Å². The summed E-state index contributed by atoms with van der Waals surface area (Å²) in [5.74, 6) is -0.147. The van der Waals surface area contributed by atoms with Crippen molar-refractivity contribution in [3.8, 4) is 6.07 Å². The zero-order chi connectivity index (χ0) is 17.8. The van der Waals surface area contributed by atoms with E-state index in [0.29, 0.717) is 31.9 Å². The first-order valence-corrected chi connectivity index (χ1v) is 8.18. The van der Waals surface area contributed by atoms with Crippen LogP contribution in [0.4, 0.5) is 5.69 Å². The van der Waals surface area contributed by atoms with Crippen molar-refractivity contribution in [1.82, 2.24) is 14.9 Å². The quantitative estimate of drug-likeness (QED) is 0.798. The molecule has 1 aliphatic rings. The molecule has 1 N–H and O–H groups in total. The van der Waals surface area contributed by atoms with Crippen LogP contribution in [0.25, 0.3) is 5.52 Å². The summed E-state index contributed by atoms with van der Waals surface area (Å²) in [6, 6.07) is 7.63. The van der Waals surface area contributed by atoms with E-state index in [1.807, 2.05) is 19.1 Å². The highest BCUT2D eigenvalue weighted by Crippen LogP contribution is 2.26. The lowest BCUT2D eigenvalue weighted by molar-refractivity contribution is -0.137. The van der Waals surface area contributed by atoms with E-state index < -0.39 is 6.10 Å².